The van der Waals surface area contributed by atoms with Crippen molar-refractivity contribution in [3.63, 3.8) is 0 Å². The molecule has 3 rings (SSSR count). The minimum Gasteiger partial charge on any atom is -0.497 e. The molecule has 5 nitrogen and oxygen atoms in total. The third kappa shape index (κ3) is 4.16. The molecule has 26 heavy (non-hydrogen) atoms. The van der Waals surface area contributed by atoms with Crippen LogP contribution in [0.4, 0.5) is 0 Å². The van der Waals surface area contributed by atoms with Gasteiger partial charge >= 0.3 is 0 Å². The van der Waals surface area contributed by atoms with Crippen molar-refractivity contribution in [3.05, 3.63) is 48.0 Å². The lowest BCUT2D eigenvalue weighted by atomic mass is 10.1. The van der Waals surface area contributed by atoms with E-state index in [2.05, 4.69) is 11.1 Å². The number of benzene rings is 2. The Morgan fingerprint density at radius 2 is 1.65 bits per heavy atom. The van der Waals surface area contributed by atoms with Gasteiger partial charge in [-0.15, -0.1) is 0 Å². The Morgan fingerprint density at radius 3 is 2.27 bits per heavy atom. The first-order valence-electron chi connectivity index (χ1n) is 8.59. The predicted octanol–water partition coefficient (Wildman–Crippen LogP) is 4.77. The van der Waals surface area contributed by atoms with E-state index >= 15 is 0 Å². The van der Waals surface area contributed by atoms with E-state index in [1.165, 1.54) is 0 Å². The number of aromatic nitrogens is 1. The molecule has 0 unspecified atom stereocenters. The largest absolute Gasteiger partial charge is 0.497 e. The van der Waals surface area contributed by atoms with Crippen molar-refractivity contribution < 1.29 is 14.2 Å². The van der Waals surface area contributed by atoms with E-state index in [9.17, 15) is 5.26 Å². The van der Waals surface area contributed by atoms with E-state index in [0.29, 0.717) is 18.8 Å². The molecule has 0 radical (unpaired) electrons. The Labute approximate surface area is 154 Å². The SMILES string of the molecule is CC.COCCOc1ccc(-c2[nH]c3cc(OC)ccc3c2C#N)cc1. The standard InChI is InChI=1S/C19H18N2O3.C2H6/c1-22-9-10-24-14-5-3-13(4-6-14)19-17(12-20)16-8-7-15(23-2)11-18(16)21-19;1-2/h3-8,11,21H,9-10H2,1-2H3;1-2H3. The van der Waals surface area contributed by atoms with Crippen LogP contribution in [-0.2, 0) is 4.74 Å². The van der Waals surface area contributed by atoms with Gasteiger partial charge in [0.2, 0.25) is 0 Å². The van der Waals surface area contributed by atoms with E-state index in [-0.39, 0.29) is 0 Å². The van der Waals surface area contributed by atoms with Crippen molar-refractivity contribution in [3.8, 4) is 28.8 Å². The fourth-order valence-electron chi connectivity index (χ4n) is 2.60. The van der Waals surface area contributed by atoms with Crippen molar-refractivity contribution in [1.29, 1.82) is 5.26 Å². The number of fused-ring (bicyclic) bond motifs is 1. The Kier molecular flexibility index (Phi) is 7.07. The first-order chi connectivity index (χ1) is 12.8. The predicted molar refractivity (Wildman–Crippen MR) is 104 cm³/mol. The van der Waals surface area contributed by atoms with Gasteiger partial charge in [-0.05, 0) is 42.0 Å². The van der Waals surface area contributed by atoms with Gasteiger partial charge in [0.1, 0.15) is 24.2 Å². The minimum absolute atomic E-state index is 0.505. The lowest BCUT2D eigenvalue weighted by Gasteiger charge is -2.06. The van der Waals surface area contributed by atoms with Gasteiger partial charge in [-0.1, -0.05) is 13.8 Å². The normalized spacial score (nSPS) is 9.96. The van der Waals surface area contributed by atoms with Gasteiger partial charge in [0.25, 0.3) is 0 Å². The molecular weight excluding hydrogens is 328 g/mol. The molecule has 0 spiro atoms. The second-order valence-corrected chi connectivity index (χ2v) is 5.26. The van der Waals surface area contributed by atoms with Gasteiger partial charge in [-0.25, -0.2) is 0 Å². The number of H-pyrrole nitrogens is 1. The second kappa shape index (κ2) is 9.50. The van der Waals surface area contributed by atoms with E-state index in [1.54, 1.807) is 14.2 Å². The number of methoxy groups -OCH3 is 2. The van der Waals surface area contributed by atoms with Crippen LogP contribution < -0.4 is 9.47 Å². The highest BCUT2D eigenvalue weighted by Crippen LogP contribution is 2.32. The molecule has 1 N–H and O–H groups in total. The van der Waals surface area contributed by atoms with Crippen molar-refractivity contribution in [1.82, 2.24) is 4.98 Å². The maximum absolute atomic E-state index is 9.55. The summed E-state index contributed by atoms with van der Waals surface area (Å²) < 4.78 is 15.8. The fraction of sp³-hybridized carbons (Fsp3) is 0.286. The summed E-state index contributed by atoms with van der Waals surface area (Å²) in [7, 11) is 3.26. The van der Waals surface area contributed by atoms with Crippen molar-refractivity contribution in [2.45, 2.75) is 13.8 Å². The number of hydrogen-bond donors (Lipinski definition) is 1. The monoisotopic (exact) mass is 352 g/mol. The molecule has 0 aliphatic rings. The van der Waals surface area contributed by atoms with Crippen LogP contribution in [0, 0.1) is 11.3 Å². The number of hydrogen-bond acceptors (Lipinski definition) is 4. The topological polar surface area (TPSA) is 67.3 Å². The van der Waals surface area contributed by atoms with Crippen LogP contribution in [-0.4, -0.2) is 32.4 Å². The highest BCUT2D eigenvalue weighted by atomic mass is 16.5. The van der Waals surface area contributed by atoms with E-state index in [1.807, 2.05) is 56.3 Å². The molecule has 1 heterocycles. The molecule has 0 fully saturated rings. The minimum atomic E-state index is 0.505. The molecule has 0 saturated carbocycles. The summed E-state index contributed by atoms with van der Waals surface area (Å²) in [4.78, 5) is 3.31. The third-order valence-corrected chi connectivity index (χ3v) is 3.82. The summed E-state index contributed by atoms with van der Waals surface area (Å²) in [5.74, 6) is 1.52. The van der Waals surface area contributed by atoms with E-state index in [0.717, 1.165) is 33.7 Å². The highest BCUT2D eigenvalue weighted by molar-refractivity contribution is 5.94. The summed E-state index contributed by atoms with van der Waals surface area (Å²) >= 11 is 0. The lowest BCUT2D eigenvalue weighted by Crippen LogP contribution is -2.03. The Morgan fingerprint density at radius 1 is 0.962 bits per heavy atom. The Hall–Kier alpha value is -2.97. The van der Waals surface area contributed by atoms with Crippen molar-refractivity contribution >= 4 is 10.9 Å². The number of rotatable bonds is 6. The molecule has 0 aliphatic heterocycles. The van der Waals surface area contributed by atoms with Crippen molar-refractivity contribution in [2.75, 3.05) is 27.4 Å². The van der Waals surface area contributed by atoms with Crippen LogP contribution in [0.25, 0.3) is 22.2 Å². The summed E-state index contributed by atoms with van der Waals surface area (Å²) in [5.41, 5.74) is 3.23. The molecule has 0 amide bonds. The van der Waals surface area contributed by atoms with Gasteiger partial charge < -0.3 is 19.2 Å². The third-order valence-electron chi connectivity index (χ3n) is 3.82. The Bertz CT molecular complexity index is 877. The summed E-state index contributed by atoms with van der Waals surface area (Å²) in [6, 6.07) is 15.6. The average molecular weight is 352 g/mol. The zero-order chi connectivity index (χ0) is 18.9. The zero-order valence-corrected chi connectivity index (χ0v) is 15.6. The van der Waals surface area contributed by atoms with Crippen LogP contribution in [0.15, 0.2) is 42.5 Å². The highest BCUT2D eigenvalue weighted by Gasteiger charge is 2.13. The zero-order valence-electron chi connectivity index (χ0n) is 15.6. The number of nitrogens with zero attached hydrogens (tertiary/aromatic N) is 1. The van der Waals surface area contributed by atoms with Crippen LogP contribution in [0.3, 0.4) is 0 Å². The molecule has 2 aromatic carbocycles. The molecule has 5 heteroatoms. The maximum Gasteiger partial charge on any atom is 0.120 e. The summed E-state index contributed by atoms with van der Waals surface area (Å²) in [6.07, 6.45) is 0. The fourth-order valence-corrected chi connectivity index (χ4v) is 2.60. The van der Waals surface area contributed by atoms with Gasteiger partial charge in [0.15, 0.2) is 0 Å². The number of ether oxygens (including phenoxy) is 3. The molecule has 0 saturated heterocycles. The smallest absolute Gasteiger partial charge is 0.120 e. The molecular formula is C21H24N2O3. The van der Waals surface area contributed by atoms with Crippen LogP contribution in [0.5, 0.6) is 11.5 Å². The molecule has 3 aromatic rings. The van der Waals surface area contributed by atoms with Crippen LogP contribution >= 0.6 is 0 Å². The quantitative estimate of drug-likeness (QED) is 0.649. The average Bonchev–Trinajstić information content (AvgIpc) is 3.07. The first kappa shape index (κ1) is 19.4. The number of aromatic amines is 1. The Balaban J connectivity index is 0.00000117. The molecule has 0 atom stereocenters. The maximum atomic E-state index is 9.55. The van der Waals surface area contributed by atoms with Crippen LogP contribution in [0.1, 0.15) is 19.4 Å². The van der Waals surface area contributed by atoms with Gasteiger partial charge in [0.05, 0.1) is 30.5 Å². The number of nitriles is 1. The molecule has 0 bridgehead atoms. The molecule has 0 aliphatic carbocycles. The summed E-state index contributed by atoms with van der Waals surface area (Å²) in [6.45, 7) is 5.05. The van der Waals surface area contributed by atoms with Gasteiger partial charge in [-0.2, -0.15) is 5.26 Å². The molecule has 136 valence electrons. The van der Waals surface area contributed by atoms with Crippen LogP contribution in [0.2, 0.25) is 0 Å². The van der Waals surface area contributed by atoms with Gasteiger partial charge in [-0.3, -0.25) is 0 Å². The van der Waals surface area contributed by atoms with E-state index in [4.69, 9.17) is 14.2 Å². The molecule has 1 aromatic heterocycles. The van der Waals surface area contributed by atoms with Crippen molar-refractivity contribution in [2.24, 2.45) is 0 Å². The lowest BCUT2D eigenvalue weighted by molar-refractivity contribution is 0.146. The van der Waals surface area contributed by atoms with Gasteiger partial charge in [0, 0.05) is 18.6 Å². The summed E-state index contributed by atoms with van der Waals surface area (Å²) in [5, 5.41) is 10.4. The van der Waals surface area contributed by atoms with E-state index < -0.39 is 0 Å². The second-order valence-electron chi connectivity index (χ2n) is 5.26. The number of nitrogens with one attached hydrogen (secondary N) is 1. The first-order valence-corrected chi connectivity index (χ1v) is 8.59.